The van der Waals surface area contributed by atoms with Gasteiger partial charge in [0.25, 0.3) is 0 Å². The molecule has 3 N–H and O–H groups in total. The maximum Gasteiger partial charge on any atom is 0.327 e. The van der Waals surface area contributed by atoms with Gasteiger partial charge in [-0.1, -0.05) is 51.1 Å². The van der Waals surface area contributed by atoms with Crippen molar-refractivity contribution in [2.24, 2.45) is 0 Å². The molecule has 2 atom stereocenters. The summed E-state index contributed by atoms with van der Waals surface area (Å²) in [5.41, 5.74) is 2.83. The first-order valence-electron chi connectivity index (χ1n) is 12.7. The van der Waals surface area contributed by atoms with E-state index in [2.05, 4.69) is 20.8 Å². The van der Waals surface area contributed by atoms with Gasteiger partial charge in [-0.05, 0) is 83.3 Å². The Balaban J connectivity index is 1.65. The number of carbonyl (C=O) groups is 2. The summed E-state index contributed by atoms with van der Waals surface area (Å²) in [5, 5.41) is 28.2. The van der Waals surface area contributed by atoms with Gasteiger partial charge in [0.15, 0.2) is 11.0 Å². The minimum absolute atomic E-state index is 0.0117. The zero-order valence-corrected chi connectivity index (χ0v) is 23.0. The highest BCUT2D eigenvalue weighted by atomic mass is 32.2. The second-order valence-corrected chi connectivity index (χ2v) is 12.1. The van der Waals surface area contributed by atoms with Crippen LogP contribution in [0.1, 0.15) is 61.4 Å². The van der Waals surface area contributed by atoms with Gasteiger partial charge in [-0.15, -0.1) is 11.8 Å². The van der Waals surface area contributed by atoms with E-state index in [-0.39, 0.29) is 35.7 Å². The van der Waals surface area contributed by atoms with Crippen molar-refractivity contribution in [3.63, 3.8) is 0 Å². The van der Waals surface area contributed by atoms with E-state index in [1.807, 2.05) is 19.1 Å². The SMILES string of the molecule is Cc1cc(SC2C(=O)CC(CCc3ccc(O)cc3)(c3ccc(O)cc3)OC2=O)c(C(C)(C)C)cc1CO. The number of aryl methyl sites for hydroxylation is 2. The number of hydrogen-bond acceptors (Lipinski definition) is 7. The van der Waals surface area contributed by atoms with Gasteiger partial charge in [0.1, 0.15) is 17.1 Å². The Morgan fingerprint density at radius 2 is 1.58 bits per heavy atom. The Morgan fingerprint density at radius 3 is 2.13 bits per heavy atom. The van der Waals surface area contributed by atoms with Crippen LogP contribution in [-0.4, -0.2) is 32.3 Å². The Labute approximate surface area is 227 Å². The van der Waals surface area contributed by atoms with Gasteiger partial charge in [0, 0.05) is 4.90 Å². The average molecular weight is 535 g/mol. The van der Waals surface area contributed by atoms with Crippen molar-refractivity contribution < 1.29 is 29.6 Å². The molecule has 1 saturated heterocycles. The van der Waals surface area contributed by atoms with Gasteiger partial charge >= 0.3 is 5.97 Å². The number of Topliss-reactive ketones (excluding diaryl/α,β-unsaturated/α-hetero) is 1. The molecule has 0 bridgehead atoms. The normalized spacial score (nSPS) is 19.9. The number of benzene rings is 3. The summed E-state index contributed by atoms with van der Waals surface area (Å²) in [7, 11) is 0. The number of ether oxygens (including phenoxy) is 1. The van der Waals surface area contributed by atoms with Crippen molar-refractivity contribution in [1.82, 2.24) is 0 Å². The Hall–Kier alpha value is -3.29. The van der Waals surface area contributed by atoms with Crippen molar-refractivity contribution in [3.8, 4) is 11.5 Å². The number of aromatic hydroxyl groups is 2. The molecule has 3 aromatic carbocycles. The fourth-order valence-corrected chi connectivity index (χ4v) is 6.18. The molecule has 0 radical (unpaired) electrons. The van der Waals surface area contributed by atoms with E-state index in [1.165, 1.54) is 23.9 Å². The molecule has 38 heavy (non-hydrogen) atoms. The van der Waals surface area contributed by atoms with Gasteiger partial charge in [-0.3, -0.25) is 9.59 Å². The number of phenols is 2. The van der Waals surface area contributed by atoms with Crippen LogP contribution in [0, 0.1) is 6.92 Å². The molecule has 0 aromatic heterocycles. The van der Waals surface area contributed by atoms with Gasteiger partial charge in [0.2, 0.25) is 0 Å². The molecule has 1 heterocycles. The Bertz CT molecular complexity index is 1300. The number of ketones is 1. The van der Waals surface area contributed by atoms with Crippen LogP contribution in [0.5, 0.6) is 11.5 Å². The lowest BCUT2D eigenvalue weighted by Crippen LogP contribution is -2.47. The quantitative estimate of drug-likeness (QED) is 0.264. The van der Waals surface area contributed by atoms with Crippen LogP contribution in [0.4, 0.5) is 0 Å². The third-order valence-corrected chi connectivity index (χ3v) is 8.35. The van der Waals surface area contributed by atoms with Crippen molar-refractivity contribution in [3.05, 3.63) is 88.5 Å². The monoisotopic (exact) mass is 534 g/mol. The van der Waals surface area contributed by atoms with Crippen LogP contribution in [0.3, 0.4) is 0 Å². The number of aliphatic hydroxyl groups excluding tert-OH is 1. The number of esters is 1. The first-order valence-corrected chi connectivity index (χ1v) is 13.5. The largest absolute Gasteiger partial charge is 0.508 e. The average Bonchev–Trinajstić information content (AvgIpc) is 2.85. The molecule has 1 fully saturated rings. The molecule has 0 amide bonds. The zero-order valence-electron chi connectivity index (χ0n) is 22.2. The fourth-order valence-electron chi connectivity index (χ4n) is 4.83. The lowest BCUT2D eigenvalue weighted by Gasteiger charge is -2.39. The number of phenolic OH excluding ortho intramolecular Hbond substituents is 2. The standard InChI is InChI=1S/C31H34O6S/c1-19-15-27(25(30(2,3)4)16-21(19)18-32)38-28-26(35)17-31(37-29(28)36,22-7-11-24(34)12-8-22)14-13-20-5-9-23(33)10-6-20/h5-12,15-16,28,32-34H,13-14,17-18H2,1-4H3. The molecule has 200 valence electrons. The van der Waals surface area contributed by atoms with E-state index in [0.717, 1.165) is 27.1 Å². The first-order chi connectivity index (χ1) is 17.9. The summed E-state index contributed by atoms with van der Waals surface area (Å²) < 4.78 is 6.15. The van der Waals surface area contributed by atoms with Crippen LogP contribution in [-0.2, 0) is 38.4 Å². The summed E-state index contributed by atoms with van der Waals surface area (Å²) in [6.07, 6.45) is 0.905. The minimum Gasteiger partial charge on any atom is -0.508 e. The van der Waals surface area contributed by atoms with Crippen molar-refractivity contribution in [2.45, 2.75) is 74.7 Å². The molecule has 0 saturated carbocycles. The second-order valence-electron chi connectivity index (χ2n) is 11.0. The molecule has 7 heteroatoms. The van der Waals surface area contributed by atoms with E-state index >= 15 is 0 Å². The Morgan fingerprint density at radius 1 is 0.974 bits per heavy atom. The number of rotatable bonds is 7. The second kappa shape index (κ2) is 10.8. The first kappa shape index (κ1) is 27.7. The molecule has 1 aliphatic heterocycles. The van der Waals surface area contributed by atoms with Crippen molar-refractivity contribution in [1.29, 1.82) is 0 Å². The molecule has 6 nitrogen and oxygen atoms in total. The van der Waals surface area contributed by atoms with Crippen LogP contribution in [0.25, 0.3) is 0 Å². The molecule has 1 aliphatic rings. The molecular weight excluding hydrogens is 500 g/mol. The number of carbonyl (C=O) groups excluding carboxylic acids is 2. The lowest BCUT2D eigenvalue weighted by atomic mass is 9.81. The fraction of sp³-hybridized carbons (Fsp3) is 0.355. The van der Waals surface area contributed by atoms with Gasteiger partial charge < -0.3 is 20.1 Å². The lowest BCUT2D eigenvalue weighted by molar-refractivity contribution is -0.171. The number of cyclic esters (lactones) is 1. The highest BCUT2D eigenvalue weighted by molar-refractivity contribution is 8.01. The third kappa shape index (κ3) is 5.89. The van der Waals surface area contributed by atoms with Crippen molar-refractivity contribution >= 4 is 23.5 Å². The summed E-state index contributed by atoms with van der Waals surface area (Å²) in [4.78, 5) is 28.0. The van der Waals surface area contributed by atoms with E-state index in [4.69, 9.17) is 4.74 Å². The summed E-state index contributed by atoms with van der Waals surface area (Å²) in [6.45, 7) is 8.00. The molecule has 2 unspecified atom stereocenters. The molecular formula is C31H34O6S. The van der Waals surface area contributed by atoms with Gasteiger partial charge in [0.05, 0.1) is 13.0 Å². The van der Waals surface area contributed by atoms with E-state index in [1.54, 1.807) is 36.4 Å². The van der Waals surface area contributed by atoms with Crippen LogP contribution < -0.4 is 0 Å². The summed E-state index contributed by atoms with van der Waals surface area (Å²) in [5.74, 6) is -0.554. The maximum atomic E-state index is 13.6. The van der Waals surface area contributed by atoms with Gasteiger partial charge in [-0.25, -0.2) is 0 Å². The van der Waals surface area contributed by atoms with Crippen molar-refractivity contribution in [2.75, 3.05) is 0 Å². The van der Waals surface area contributed by atoms with Gasteiger partial charge in [-0.2, -0.15) is 0 Å². The predicted octanol–water partition coefficient (Wildman–Crippen LogP) is 5.70. The number of aliphatic hydroxyl groups is 1. The molecule has 3 aromatic rings. The molecule has 4 rings (SSSR count). The van der Waals surface area contributed by atoms with E-state index < -0.39 is 16.8 Å². The third-order valence-electron chi connectivity index (χ3n) is 7.07. The minimum atomic E-state index is -1.17. The topological polar surface area (TPSA) is 104 Å². The summed E-state index contributed by atoms with van der Waals surface area (Å²) in [6, 6.07) is 17.1. The summed E-state index contributed by atoms with van der Waals surface area (Å²) >= 11 is 1.21. The van der Waals surface area contributed by atoms with E-state index in [9.17, 15) is 24.9 Å². The van der Waals surface area contributed by atoms with E-state index in [0.29, 0.717) is 18.4 Å². The Kier molecular flexibility index (Phi) is 7.90. The predicted molar refractivity (Wildman–Crippen MR) is 147 cm³/mol. The number of hydrogen-bond donors (Lipinski definition) is 3. The smallest absolute Gasteiger partial charge is 0.327 e. The molecule has 0 spiro atoms. The van der Waals surface area contributed by atoms with Crippen LogP contribution in [0.2, 0.25) is 0 Å². The number of thioether (sulfide) groups is 1. The highest BCUT2D eigenvalue weighted by Gasteiger charge is 2.48. The highest BCUT2D eigenvalue weighted by Crippen LogP contribution is 2.44. The molecule has 0 aliphatic carbocycles. The zero-order chi connectivity index (χ0) is 27.7. The van der Waals surface area contributed by atoms with Crippen LogP contribution >= 0.6 is 11.8 Å². The van der Waals surface area contributed by atoms with Crippen LogP contribution in [0.15, 0.2) is 65.6 Å². The maximum absolute atomic E-state index is 13.6.